The van der Waals surface area contributed by atoms with Gasteiger partial charge in [-0.05, 0) is 80.4 Å². The average molecular weight is 702 g/mol. The van der Waals surface area contributed by atoms with Crippen LogP contribution in [-0.2, 0) is 0 Å². The molecule has 3 aromatic heterocycles. The van der Waals surface area contributed by atoms with Gasteiger partial charge in [-0.2, -0.15) is 0 Å². The van der Waals surface area contributed by atoms with Crippen LogP contribution in [0.5, 0.6) is 11.5 Å². The van der Waals surface area contributed by atoms with Crippen molar-refractivity contribution < 1.29 is 9.13 Å². The van der Waals surface area contributed by atoms with Crippen molar-refractivity contribution in [3.63, 3.8) is 0 Å². The normalized spacial score (nSPS) is 13.6. The molecule has 1 unspecified atom stereocenters. The molecule has 0 N–H and O–H groups in total. The van der Waals surface area contributed by atoms with Gasteiger partial charge in [0.15, 0.2) is 20.0 Å². The Labute approximate surface area is 307 Å². The first-order chi connectivity index (χ1) is 26.2. The van der Waals surface area contributed by atoms with Crippen molar-refractivity contribution in [1.82, 2.24) is 14.5 Å². The zero-order valence-corrected chi connectivity index (χ0v) is 29.6. The number of para-hydroxylation sites is 1. The summed E-state index contributed by atoms with van der Waals surface area (Å²) < 4.78 is 25.9. The highest BCUT2D eigenvalue weighted by atomic mass is 28.3. The molecule has 4 nitrogen and oxygen atoms in total. The lowest BCUT2D eigenvalue weighted by molar-refractivity contribution is 0.402. The Balaban J connectivity index is 1.22. The molecule has 6 aromatic carbocycles. The van der Waals surface area contributed by atoms with Crippen LogP contribution in [0.1, 0.15) is 17.3 Å². The van der Waals surface area contributed by atoms with E-state index in [1.165, 1.54) is 15.6 Å². The second-order valence-corrected chi connectivity index (χ2v) is 17.2. The number of alkyl halides is 1. The number of aromatic nitrogens is 3. The van der Waals surface area contributed by atoms with Gasteiger partial charge in [0.05, 0.1) is 11.2 Å². The number of pyridine rings is 2. The third-order valence-electron chi connectivity index (χ3n) is 10.5. The maximum atomic E-state index is 16.7. The molecule has 0 spiro atoms. The highest BCUT2D eigenvalue weighted by Crippen LogP contribution is 2.41. The smallest absolute Gasteiger partial charge is 0.188 e. The fourth-order valence-electron chi connectivity index (χ4n) is 8.24. The maximum absolute atomic E-state index is 16.7. The largest absolute Gasteiger partial charge is 0.455 e. The fourth-order valence-corrected chi connectivity index (χ4v) is 13.2. The fraction of sp³-hybridized carbons (Fsp3) is 0.0213. The summed E-state index contributed by atoms with van der Waals surface area (Å²) in [4.78, 5) is 9.42. The van der Waals surface area contributed by atoms with Gasteiger partial charge in [0.1, 0.15) is 11.4 Å². The van der Waals surface area contributed by atoms with Crippen molar-refractivity contribution in [2.45, 2.75) is 6.17 Å². The SMILES string of the molecule is FC(c1cccc(-c2ccccn2)c1)c1cccc(-n2c3ncccc3c3ccc4c(c32)Oc2ccccc2[Si]4(c2ccccc2)c2ccccc2)c1. The van der Waals surface area contributed by atoms with E-state index in [4.69, 9.17) is 9.72 Å². The van der Waals surface area contributed by atoms with Crippen LogP contribution in [0.25, 0.3) is 38.9 Å². The van der Waals surface area contributed by atoms with Crippen LogP contribution < -0.4 is 25.5 Å². The van der Waals surface area contributed by atoms with E-state index < -0.39 is 14.2 Å². The summed E-state index contributed by atoms with van der Waals surface area (Å²) >= 11 is 0. The van der Waals surface area contributed by atoms with Gasteiger partial charge in [0.25, 0.3) is 0 Å². The molecule has 10 rings (SSSR count). The Morgan fingerprint density at radius 2 is 1.25 bits per heavy atom. The van der Waals surface area contributed by atoms with Gasteiger partial charge in [0.2, 0.25) is 0 Å². The summed E-state index contributed by atoms with van der Waals surface area (Å²) in [5.74, 6) is 1.66. The quantitative estimate of drug-likeness (QED) is 0.163. The van der Waals surface area contributed by atoms with E-state index in [9.17, 15) is 0 Å². The van der Waals surface area contributed by atoms with Crippen molar-refractivity contribution in [2.24, 2.45) is 0 Å². The second kappa shape index (κ2) is 12.5. The maximum Gasteiger partial charge on any atom is 0.188 e. The number of benzene rings is 6. The van der Waals surface area contributed by atoms with Crippen LogP contribution in [0.15, 0.2) is 188 Å². The van der Waals surface area contributed by atoms with Crippen molar-refractivity contribution >= 4 is 50.8 Å². The minimum absolute atomic E-state index is 0.556. The highest BCUT2D eigenvalue weighted by Gasteiger charge is 2.48. The third-order valence-corrected chi connectivity index (χ3v) is 15.3. The van der Waals surface area contributed by atoms with Crippen LogP contribution in [0.3, 0.4) is 0 Å². The minimum Gasteiger partial charge on any atom is -0.455 e. The van der Waals surface area contributed by atoms with Crippen molar-refractivity contribution in [3.8, 4) is 28.4 Å². The average Bonchev–Trinajstić information content (AvgIpc) is 3.58. The number of ether oxygens (including phenoxy) is 1. The van der Waals surface area contributed by atoms with Gasteiger partial charge in [-0.1, -0.05) is 127 Å². The summed E-state index contributed by atoms with van der Waals surface area (Å²) in [6.45, 7) is 0. The summed E-state index contributed by atoms with van der Waals surface area (Å²) in [6.07, 6.45) is 2.22. The monoisotopic (exact) mass is 701 g/mol. The molecule has 0 aliphatic carbocycles. The number of hydrogen-bond donors (Lipinski definition) is 0. The van der Waals surface area contributed by atoms with Gasteiger partial charge in [-0.3, -0.25) is 9.55 Å². The topological polar surface area (TPSA) is 39.9 Å². The number of fused-ring (bicyclic) bond motifs is 6. The standard InChI is InChI=1S/C47H32FN3OSi/c48-44(33-15-11-14-32(30-33)40-23-9-10-28-49-40)34-16-12-17-35(31-34)51-45-38(39-22-13-29-50-47(39)51)26-27-43-46(45)52-41-24-7-8-25-42(41)53(43,36-18-3-1-4-19-36)37-20-5-2-6-21-37/h1-31,44H. The van der Waals surface area contributed by atoms with Gasteiger partial charge in [-0.15, -0.1) is 0 Å². The van der Waals surface area contributed by atoms with Crippen LogP contribution in [0.4, 0.5) is 4.39 Å². The Bertz CT molecular complexity index is 2750. The van der Waals surface area contributed by atoms with Crippen LogP contribution in [0.2, 0.25) is 0 Å². The third kappa shape index (κ3) is 4.87. The first-order valence-corrected chi connectivity index (χ1v) is 19.8. The molecule has 0 bridgehead atoms. The molecule has 1 aliphatic rings. The summed E-state index contributed by atoms with van der Waals surface area (Å²) in [5.41, 5.74) is 5.33. The minimum atomic E-state index is -2.90. The second-order valence-electron chi connectivity index (χ2n) is 13.4. The Kier molecular flexibility index (Phi) is 7.37. The molecule has 6 heteroatoms. The molecule has 0 radical (unpaired) electrons. The lowest BCUT2D eigenvalue weighted by Gasteiger charge is -2.39. The van der Waals surface area contributed by atoms with Crippen molar-refractivity contribution in [2.75, 3.05) is 0 Å². The molecule has 53 heavy (non-hydrogen) atoms. The molecular formula is C47H32FN3OSi. The number of halogens is 1. The molecule has 0 saturated heterocycles. The zero-order chi connectivity index (χ0) is 35.4. The van der Waals surface area contributed by atoms with E-state index in [0.29, 0.717) is 11.1 Å². The first kappa shape index (κ1) is 31.1. The van der Waals surface area contributed by atoms with E-state index in [0.717, 1.165) is 55.6 Å². The molecule has 0 amide bonds. The Morgan fingerprint density at radius 3 is 2.02 bits per heavy atom. The Morgan fingerprint density at radius 1 is 0.547 bits per heavy atom. The summed E-state index contributed by atoms with van der Waals surface area (Å²) in [6, 6.07) is 59.9. The molecule has 0 saturated carbocycles. The molecule has 4 heterocycles. The van der Waals surface area contributed by atoms with E-state index >= 15 is 4.39 Å². The van der Waals surface area contributed by atoms with Crippen LogP contribution in [0, 0.1) is 0 Å². The van der Waals surface area contributed by atoms with E-state index in [-0.39, 0.29) is 0 Å². The summed E-state index contributed by atoms with van der Waals surface area (Å²) in [7, 11) is -2.90. The molecule has 252 valence electrons. The van der Waals surface area contributed by atoms with E-state index in [2.05, 4.69) is 107 Å². The van der Waals surface area contributed by atoms with Crippen LogP contribution in [-0.4, -0.2) is 22.6 Å². The van der Waals surface area contributed by atoms with Crippen LogP contribution >= 0.6 is 0 Å². The molecular weight excluding hydrogens is 670 g/mol. The molecule has 1 aliphatic heterocycles. The lowest BCUT2D eigenvalue weighted by Crippen LogP contribution is -2.76. The molecule has 0 fully saturated rings. The molecule has 9 aromatic rings. The van der Waals surface area contributed by atoms with E-state index in [1.54, 1.807) is 6.20 Å². The van der Waals surface area contributed by atoms with Gasteiger partial charge < -0.3 is 4.74 Å². The van der Waals surface area contributed by atoms with Gasteiger partial charge in [-0.25, -0.2) is 9.37 Å². The van der Waals surface area contributed by atoms with Crippen molar-refractivity contribution in [3.05, 3.63) is 199 Å². The van der Waals surface area contributed by atoms with Gasteiger partial charge in [0, 0.05) is 34.4 Å². The first-order valence-electron chi connectivity index (χ1n) is 17.8. The van der Waals surface area contributed by atoms with E-state index in [1.807, 2.05) is 85.1 Å². The predicted molar refractivity (Wildman–Crippen MR) is 215 cm³/mol. The number of hydrogen-bond acceptors (Lipinski definition) is 3. The zero-order valence-electron chi connectivity index (χ0n) is 28.6. The lowest BCUT2D eigenvalue weighted by atomic mass is 9.99. The Hall–Kier alpha value is -6.63. The molecule has 1 atom stereocenters. The predicted octanol–water partition coefficient (Wildman–Crippen LogP) is 8.78. The highest BCUT2D eigenvalue weighted by molar-refractivity contribution is 7.20. The number of rotatable bonds is 6. The summed E-state index contributed by atoms with van der Waals surface area (Å²) in [5, 5.41) is 6.96. The number of nitrogens with zero attached hydrogens (tertiary/aromatic N) is 3. The van der Waals surface area contributed by atoms with Gasteiger partial charge >= 0.3 is 0 Å². The van der Waals surface area contributed by atoms with Crippen molar-refractivity contribution in [1.29, 1.82) is 0 Å².